The van der Waals surface area contributed by atoms with Crippen LogP contribution in [0.3, 0.4) is 0 Å². The van der Waals surface area contributed by atoms with Crippen molar-refractivity contribution in [3.63, 3.8) is 0 Å². The molecule has 2 rings (SSSR count). The number of hydrogen-bond acceptors (Lipinski definition) is 2. The van der Waals surface area contributed by atoms with Crippen LogP contribution in [-0.4, -0.2) is 0 Å². The van der Waals surface area contributed by atoms with Crippen molar-refractivity contribution >= 4 is 46.4 Å². The molecule has 0 bridgehead atoms. The largest absolute Gasteiger partial charge is 0.192 e. The Bertz CT molecular complexity index is 724. The van der Waals surface area contributed by atoms with Gasteiger partial charge in [-0.25, -0.2) is 0 Å². The first-order valence-corrected chi connectivity index (χ1v) is 7.54. The van der Waals surface area contributed by atoms with Crippen LogP contribution in [0.2, 0.25) is 20.1 Å². The summed E-state index contributed by atoms with van der Waals surface area (Å²) in [5, 5.41) is 17.2. The zero-order valence-corrected chi connectivity index (χ0v) is 14.7. The van der Waals surface area contributed by atoms with Crippen molar-refractivity contribution in [1.29, 1.82) is 10.5 Å². The molecule has 0 heterocycles. The Kier molecular flexibility index (Phi) is 7.01. The Morgan fingerprint density at radius 1 is 0.682 bits per heavy atom. The SMILES string of the molecule is Cc1ccccc1C.N#Cc1c(Cl)c(Cl)c(Cl)c(C#N)c1Cl. The molecule has 0 unspecified atom stereocenters. The highest BCUT2D eigenvalue weighted by Crippen LogP contribution is 2.40. The minimum Gasteiger partial charge on any atom is -0.192 e. The minimum atomic E-state index is -0.0746. The van der Waals surface area contributed by atoms with Crippen molar-refractivity contribution in [2.75, 3.05) is 0 Å². The van der Waals surface area contributed by atoms with E-state index in [1.165, 1.54) is 11.1 Å². The second kappa shape index (κ2) is 8.28. The average molecular weight is 372 g/mol. The molecule has 112 valence electrons. The standard InChI is InChI=1S/C8Cl4N2.C8H10/c9-5-3(1-13)6(10)8(12)7(11)4(5)2-14;1-7-5-3-4-6-8(7)2/h;3-6H,1-2H3. The quantitative estimate of drug-likeness (QED) is 0.400. The van der Waals surface area contributed by atoms with E-state index < -0.39 is 0 Å². The monoisotopic (exact) mass is 370 g/mol. The van der Waals surface area contributed by atoms with Gasteiger partial charge in [-0.05, 0) is 25.0 Å². The predicted octanol–water partition coefficient (Wildman–Crippen LogP) is 6.35. The van der Waals surface area contributed by atoms with E-state index in [0.29, 0.717) is 0 Å². The minimum absolute atomic E-state index is 0.0363. The zero-order valence-electron chi connectivity index (χ0n) is 11.7. The third-order valence-electron chi connectivity index (χ3n) is 2.91. The Hall–Kier alpha value is -1.42. The van der Waals surface area contributed by atoms with E-state index >= 15 is 0 Å². The fraction of sp³-hybridized carbons (Fsp3) is 0.125. The van der Waals surface area contributed by atoms with E-state index in [0.717, 1.165) is 0 Å². The lowest BCUT2D eigenvalue weighted by Gasteiger charge is -2.05. The van der Waals surface area contributed by atoms with Gasteiger partial charge in [0.15, 0.2) is 0 Å². The third-order valence-corrected chi connectivity index (χ3v) is 4.62. The first-order valence-electron chi connectivity index (χ1n) is 6.03. The van der Waals surface area contributed by atoms with E-state index in [4.69, 9.17) is 56.9 Å². The van der Waals surface area contributed by atoms with Crippen LogP contribution < -0.4 is 0 Å². The summed E-state index contributed by atoms with van der Waals surface area (Å²) in [7, 11) is 0. The summed E-state index contributed by atoms with van der Waals surface area (Å²) in [6.07, 6.45) is 0. The molecular formula is C16H10Cl4N2. The van der Waals surface area contributed by atoms with Crippen LogP contribution in [0, 0.1) is 36.5 Å². The maximum absolute atomic E-state index is 8.70. The molecule has 6 heteroatoms. The van der Waals surface area contributed by atoms with Crippen molar-refractivity contribution in [2.45, 2.75) is 13.8 Å². The van der Waals surface area contributed by atoms with Crippen molar-refractivity contribution in [3.8, 4) is 12.1 Å². The molecule has 0 aliphatic rings. The second-order valence-electron chi connectivity index (χ2n) is 4.31. The van der Waals surface area contributed by atoms with Crippen LogP contribution in [0.4, 0.5) is 0 Å². The van der Waals surface area contributed by atoms with Crippen LogP contribution in [0.5, 0.6) is 0 Å². The number of benzene rings is 2. The van der Waals surface area contributed by atoms with Gasteiger partial charge in [0.25, 0.3) is 0 Å². The van der Waals surface area contributed by atoms with Gasteiger partial charge in [-0.1, -0.05) is 70.7 Å². The lowest BCUT2D eigenvalue weighted by atomic mass is 10.1. The molecular weight excluding hydrogens is 362 g/mol. The normalized spacial score (nSPS) is 9.27. The van der Waals surface area contributed by atoms with E-state index in [2.05, 4.69) is 38.1 Å². The molecule has 0 spiro atoms. The second-order valence-corrected chi connectivity index (χ2v) is 5.83. The van der Waals surface area contributed by atoms with Gasteiger partial charge in [0.2, 0.25) is 0 Å². The number of nitriles is 2. The zero-order chi connectivity index (χ0) is 16.9. The first-order chi connectivity index (χ1) is 10.3. The molecule has 0 saturated carbocycles. The highest BCUT2D eigenvalue weighted by Gasteiger charge is 2.19. The van der Waals surface area contributed by atoms with E-state index in [1.54, 1.807) is 12.1 Å². The van der Waals surface area contributed by atoms with Crippen molar-refractivity contribution in [1.82, 2.24) is 0 Å². The molecule has 0 aliphatic heterocycles. The Balaban J connectivity index is 0.000000255. The van der Waals surface area contributed by atoms with Crippen LogP contribution in [0.25, 0.3) is 0 Å². The summed E-state index contributed by atoms with van der Waals surface area (Å²) < 4.78 is 0. The number of aryl methyl sites for hydroxylation is 2. The maximum atomic E-state index is 8.70. The summed E-state index contributed by atoms with van der Waals surface area (Å²) in [5.41, 5.74) is 2.65. The highest BCUT2D eigenvalue weighted by atomic mass is 35.5. The fourth-order valence-corrected chi connectivity index (χ4v) is 2.56. The molecule has 0 fully saturated rings. The lowest BCUT2D eigenvalue weighted by molar-refractivity contribution is 1.34. The smallest absolute Gasteiger partial charge is 0.102 e. The van der Waals surface area contributed by atoms with Crippen molar-refractivity contribution in [2.24, 2.45) is 0 Å². The van der Waals surface area contributed by atoms with Gasteiger partial charge in [-0.3, -0.25) is 0 Å². The molecule has 0 aliphatic carbocycles. The lowest BCUT2D eigenvalue weighted by Crippen LogP contribution is -1.89. The topological polar surface area (TPSA) is 47.6 Å². The van der Waals surface area contributed by atoms with Gasteiger partial charge in [-0.2, -0.15) is 10.5 Å². The van der Waals surface area contributed by atoms with Crippen molar-refractivity contribution in [3.05, 3.63) is 66.6 Å². The fourth-order valence-electron chi connectivity index (χ4n) is 1.49. The van der Waals surface area contributed by atoms with Crippen LogP contribution in [0.15, 0.2) is 24.3 Å². The first kappa shape index (κ1) is 18.6. The van der Waals surface area contributed by atoms with Gasteiger partial charge >= 0.3 is 0 Å². The van der Waals surface area contributed by atoms with Gasteiger partial charge < -0.3 is 0 Å². The van der Waals surface area contributed by atoms with E-state index in [1.807, 2.05) is 0 Å². The molecule has 0 saturated heterocycles. The van der Waals surface area contributed by atoms with Crippen molar-refractivity contribution < 1.29 is 0 Å². The summed E-state index contributed by atoms with van der Waals surface area (Å²) in [5.74, 6) is 0. The van der Waals surface area contributed by atoms with E-state index in [-0.39, 0.29) is 31.2 Å². The Labute approximate surface area is 149 Å². The number of hydrogen-bond donors (Lipinski definition) is 0. The van der Waals surface area contributed by atoms with Crippen LogP contribution in [0.1, 0.15) is 22.3 Å². The summed E-state index contributed by atoms with van der Waals surface area (Å²) in [4.78, 5) is 0. The molecule has 2 aromatic carbocycles. The molecule has 0 radical (unpaired) electrons. The van der Waals surface area contributed by atoms with E-state index in [9.17, 15) is 0 Å². The highest BCUT2D eigenvalue weighted by molar-refractivity contribution is 6.50. The molecule has 0 amide bonds. The predicted molar refractivity (Wildman–Crippen MR) is 91.8 cm³/mol. The van der Waals surface area contributed by atoms with Crippen LogP contribution in [-0.2, 0) is 0 Å². The number of halogens is 4. The number of rotatable bonds is 0. The van der Waals surface area contributed by atoms with Crippen LogP contribution >= 0.6 is 46.4 Å². The van der Waals surface area contributed by atoms with Gasteiger partial charge in [-0.15, -0.1) is 0 Å². The summed E-state index contributed by atoms with van der Waals surface area (Å²) in [6.45, 7) is 4.24. The van der Waals surface area contributed by atoms with Gasteiger partial charge in [0, 0.05) is 0 Å². The number of nitrogens with zero attached hydrogens (tertiary/aromatic N) is 2. The van der Waals surface area contributed by atoms with Gasteiger partial charge in [0.1, 0.15) is 12.1 Å². The summed E-state index contributed by atoms with van der Waals surface area (Å²) in [6, 6.07) is 11.9. The third kappa shape index (κ3) is 4.07. The Morgan fingerprint density at radius 3 is 1.32 bits per heavy atom. The molecule has 22 heavy (non-hydrogen) atoms. The molecule has 2 aromatic rings. The van der Waals surface area contributed by atoms with Gasteiger partial charge in [0.05, 0.1) is 31.2 Å². The molecule has 0 N–H and O–H groups in total. The maximum Gasteiger partial charge on any atom is 0.102 e. The molecule has 0 atom stereocenters. The summed E-state index contributed by atoms with van der Waals surface area (Å²) >= 11 is 22.8. The average Bonchev–Trinajstić information content (AvgIpc) is 2.50. The molecule has 0 aromatic heterocycles. The molecule has 2 nitrogen and oxygen atoms in total. The Morgan fingerprint density at radius 2 is 1.05 bits per heavy atom.